The predicted molar refractivity (Wildman–Crippen MR) is 106 cm³/mol. The van der Waals surface area contributed by atoms with Gasteiger partial charge in [0.25, 0.3) is 5.91 Å². The van der Waals surface area contributed by atoms with Gasteiger partial charge in [-0.05, 0) is 31.2 Å². The number of benzene rings is 2. The number of nitrogens with zero attached hydrogens (tertiary/aromatic N) is 2. The topological polar surface area (TPSA) is 79.1 Å². The zero-order valence-electron chi connectivity index (χ0n) is 15.6. The van der Waals surface area contributed by atoms with E-state index in [1.807, 2.05) is 43.3 Å². The van der Waals surface area contributed by atoms with Crippen molar-refractivity contribution in [2.45, 2.75) is 13.5 Å². The van der Waals surface area contributed by atoms with Gasteiger partial charge in [-0.25, -0.2) is 0 Å². The van der Waals surface area contributed by atoms with E-state index in [0.717, 1.165) is 4.70 Å². The Labute approximate surface area is 165 Å². The molecule has 1 amide bonds. The number of methoxy groups -OCH3 is 1. The second-order valence-electron chi connectivity index (χ2n) is 5.69. The van der Waals surface area contributed by atoms with Crippen LogP contribution in [0, 0.1) is 0 Å². The summed E-state index contributed by atoms with van der Waals surface area (Å²) in [4.78, 5) is 28.8. The van der Waals surface area contributed by atoms with Crippen molar-refractivity contribution >= 4 is 33.4 Å². The molecule has 0 saturated carbocycles. The van der Waals surface area contributed by atoms with E-state index in [1.165, 1.54) is 18.4 Å². The number of rotatable bonds is 7. The number of fused-ring (bicyclic) bond motifs is 1. The average Bonchev–Trinajstić information content (AvgIpc) is 3.05. The van der Waals surface area contributed by atoms with Gasteiger partial charge >= 0.3 is 5.97 Å². The normalized spacial score (nSPS) is 11.4. The van der Waals surface area contributed by atoms with Crippen LogP contribution in [0.1, 0.15) is 6.92 Å². The highest BCUT2D eigenvalue weighted by Crippen LogP contribution is 2.27. The van der Waals surface area contributed by atoms with Crippen LogP contribution >= 0.6 is 11.3 Å². The number of aromatic nitrogens is 1. The molecular formula is C20H20N2O5S. The third-order valence-electron chi connectivity index (χ3n) is 3.80. The molecule has 1 aromatic heterocycles. The van der Waals surface area contributed by atoms with Crippen LogP contribution in [-0.2, 0) is 20.9 Å². The van der Waals surface area contributed by atoms with Crippen molar-refractivity contribution in [2.75, 3.05) is 20.3 Å². The third-order valence-corrected chi connectivity index (χ3v) is 4.85. The molecule has 0 radical (unpaired) electrons. The van der Waals surface area contributed by atoms with E-state index < -0.39 is 11.9 Å². The lowest BCUT2D eigenvalue weighted by Gasteiger charge is -2.08. The van der Waals surface area contributed by atoms with Crippen molar-refractivity contribution in [1.82, 2.24) is 4.57 Å². The number of carbonyl (C=O) groups excluding carboxylic acids is 2. The summed E-state index contributed by atoms with van der Waals surface area (Å²) in [5.74, 6) is 0.311. The van der Waals surface area contributed by atoms with Crippen LogP contribution in [0.4, 0.5) is 0 Å². The number of hydrogen-bond acceptors (Lipinski definition) is 6. The number of thiazole rings is 1. The third kappa shape index (κ3) is 4.58. The number of ether oxygens (including phenoxy) is 3. The van der Waals surface area contributed by atoms with E-state index in [9.17, 15) is 9.59 Å². The number of para-hydroxylation sites is 2. The maximum absolute atomic E-state index is 12.3. The highest BCUT2D eigenvalue weighted by Gasteiger charge is 2.15. The first kappa shape index (κ1) is 19.6. The van der Waals surface area contributed by atoms with Crippen molar-refractivity contribution in [3.8, 4) is 11.5 Å². The molecule has 2 aromatic carbocycles. The number of hydrogen-bond donors (Lipinski definition) is 0. The van der Waals surface area contributed by atoms with Crippen LogP contribution in [0.15, 0.2) is 53.5 Å². The van der Waals surface area contributed by atoms with E-state index in [2.05, 4.69) is 4.99 Å². The fourth-order valence-corrected chi connectivity index (χ4v) is 3.66. The Bertz CT molecular complexity index is 1040. The minimum Gasteiger partial charge on any atom is -0.492 e. The molecule has 3 aromatic rings. The Balaban J connectivity index is 1.97. The fraction of sp³-hybridized carbons (Fsp3) is 0.250. The van der Waals surface area contributed by atoms with Crippen LogP contribution in [0.25, 0.3) is 10.2 Å². The molecule has 0 aliphatic rings. The molecule has 0 fully saturated rings. The first-order chi connectivity index (χ1) is 13.6. The maximum atomic E-state index is 12.3. The summed E-state index contributed by atoms with van der Waals surface area (Å²) < 4.78 is 18.4. The Morgan fingerprint density at radius 3 is 2.57 bits per heavy atom. The second-order valence-corrected chi connectivity index (χ2v) is 6.70. The zero-order valence-corrected chi connectivity index (χ0v) is 16.4. The van der Waals surface area contributed by atoms with Crippen molar-refractivity contribution in [3.63, 3.8) is 0 Å². The molecule has 0 saturated heterocycles. The second kappa shape index (κ2) is 9.18. The number of amides is 1. The number of carbonyl (C=O) groups is 2. The molecule has 0 atom stereocenters. The Morgan fingerprint density at radius 2 is 1.86 bits per heavy atom. The predicted octanol–water partition coefficient (Wildman–Crippen LogP) is 2.78. The van der Waals surface area contributed by atoms with Gasteiger partial charge in [0.2, 0.25) is 0 Å². The summed E-state index contributed by atoms with van der Waals surface area (Å²) in [5.41, 5.74) is 0.704. The molecule has 1 heterocycles. The van der Waals surface area contributed by atoms with Gasteiger partial charge in [-0.1, -0.05) is 35.6 Å². The van der Waals surface area contributed by atoms with E-state index in [4.69, 9.17) is 14.2 Å². The minimum atomic E-state index is -0.452. The van der Waals surface area contributed by atoms with Gasteiger partial charge in [-0.3, -0.25) is 9.59 Å². The molecule has 0 unspecified atom stereocenters. The highest BCUT2D eigenvalue weighted by molar-refractivity contribution is 7.16. The van der Waals surface area contributed by atoms with Crippen molar-refractivity contribution < 1.29 is 23.8 Å². The molecule has 146 valence electrons. The van der Waals surface area contributed by atoms with Crippen LogP contribution in [0.5, 0.6) is 11.5 Å². The van der Waals surface area contributed by atoms with E-state index in [-0.39, 0.29) is 13.2 Å². The molecule has 0 aliphatic carbocycles. The van der Waals surface area contributed by atoms with E-state index in [1.54, 1.807) is 16.7 Å². The Hall–Kier alpha value is -3.13. The summed E-state index contributed by atoms with van der Waals surface area (Å²) in [6, 6.07) is 14.6. The van der Waals surface area contributed by atoms with Crippen LogP contribution < -0.4 is 14.3 Å². The standard InChI is InChI=1S/C20H20N2O5S/c1-3-26-15-10-7-11-16-19(15)22(12-18(24)25-2)20(28-16)21-17(23)13-27-14-8-5-4-6-9-14/h4-11H,3,12-13H2,1-2H3. The lowest BCUT2D eigenvalue weighted by molar-refractivity contribution is -0.141. The van der Waals surface area contributed by atoms with Gasteiger partial charge in [0, 0.05) is 0 Å². The molecule has 8 heteroatoms. The van der Waals surface area contributed by atoms with Crippen molar-refractivity contribution in [2.24, 2.45) is 4.99 Å². The smallest absolute Gasteiger partial charge is 0.325 e. The monoisotopic (exact) mass is 400 g/mol. The van der Waals surface area contributed by atoms with Crippen LogP contribution in [0.3, 0.4) is 0 Å². The summed E-state index contributed by atoms with van der Waals surface area (Å²) in [6.45, 7) is 2.08. The van der Waals surface area contributed by atoms with Gasteiger partial charge in [-0.2, -0.15) is 4.99 Å². The van der Waals surface area contributed by atoms with Crippen LogP contribution in [0.2, 0.25) is 0 Å². The summed E-state index contributed by atoms with van der Waals surface area (Å²) in [5, 5.41) is 0. The lowest BCUT2D eigenvalue weighted by Crippen LogP contribution is -2.23. The fourth-order valence-electron chi connectivity index (χ4n) is 2.60. The summed E-state index contributed by atoms with van der Waals surface area (Å²) in [7, 11) is 1.32. The van der Waals surface area contributed by atoms with Gasteiger partial charge in [-0.15, -0.1) is 0 Å². The van der Waals surface area contributed by atoms with Gasteiger partial charge in [0.15, 0.2) is 11.4 Å². The van der Waals surface area contributed by atoms with Gasteiger partial charge < -0.3 is 18.8 Å². The van der Waals surface area contributed by atoms with Crippen molar-refractivity contribution in [1.29, 1.82) is 0 Å². The first-order valence-corrected chi connectivity index (χ1v) is 9.51. The van der Waals surface area contributed by atoms with E-state index >= 15 is 0 Å². The average molecular weight is 400 g/mol. The molecular weight excluding hydrogens is 380 g/mol. The van der Waals surface area contributed by atoms with Gasteiger partial charge in [0.1, 0.15) is 23.6 Å². The lowest BCUT2D eigenvalue weighted by atomic mass is 10.3. The molecule has 0 bridgehead atoms. The molecule has 7 nitrogen and oxygen atoms in total. The SMILES string of the molecule is CCOc1cccc2sc(=NC(=O)COc3ccccc3)n(CC(=O)OC)c12. The zero-order chi connectivity index (χ0) is 19.9. The van der Waals surface area contributed by atoms with E-state index in [0.29, 0.717) is 28.4 Å². The molecule has 0 aliphatic heterocycles. The quantitative estimate of drug-likeness (QED) is 0.570. The van der Waals surface area contributed by atoms with Gasteiger partial charge in [0.05, 0.1) is 18.4 Å². The largest absolute Gasteiger partial charge is 0.492 e. The molecule has 28 heavy (non-hydrogen) atoms. The first-order valence-electron chi connectivity index (χ1n) is 8.69. The maximum Gasteiger partial charge on any atom is 0.325 e. The minimum absolute atomic E-state index is 0.0771. The van der Waals surface area contributed by atoms with Crippen LogP contribution in [-0.4, -0.2) is 36.8 Å². The Morgan fingerprint density at radius 1 is 1.07 bits per heavy atom. The number of esters is 1. The molecule has 3 rings (SSSR count). The molecule has 0 N–H and O–H groups in total. The summed E-state index contributed by atoms with van der Waals surface area (Å²) >= 11 is 1.30. The molecule has 0 spiro atoms. The Kier molecular flexibility index (Phi) is 6.44. The van der Waals surface area contributed by atoms with Crippen molar-refractivity contribution in [3.05, 3.63) is 53.3 Å². The highest BCUT2D eigenvalue weighted by atomic mass is 32.1. The summed E-state index contributed by atoms with van der Waals surface area (Å²) in [6.07, 6.45) is 0.